The summed E-state index contributed by atoms with van der Waals surface area (Å²) < 4.78 is 0. The summed E-state index contributed by atoms with van der Waals surface area (Å²) in [5.74, 6) is 0. The van der Waals surface area contributed by atoms with Crippen LogP contribution in [0.1, 0.15) is 30.5 Å². The molecule has 0 unspecified atom stereocenters. The van der Waals surface area contributed by atoms with Crippen molar-refractivity contribution in [2.75, 3.05) is 0 Å². The van der Waals surface area contributed by atoms with Gasteiger partial charge in [0.1, 0.15) is 0 Å². The van der Waals surface area contributed by atoms with Gasteiger partial charge >= 0.3 is 0 Å². The molecule has 0 saturated heterocycles. The van der Waals surface area contributed by atoms with E-state index in [1.807, 2.05) is 6.08 Å². The fraction of sp³-hybridized carbons (Fsp3) is 0.385. The first-order valence-corrected chi connectivity index (χ1v) is 4.87. The summed E-state index contributed by atoms with van der Waals surface area (Å²) in [6, 6.07) is 6.28. The van der Waals surface area contributed by atoms with E-state index in [9.17, 15) is 5.11 Å². The molecule has 0 fully saturated rings. The predicted octanol–water partition coefficient (Wildman–Crippen LogP) is 3.09. The van der Waals surface area contributed by atoms with E-state index >= 15 is 0 Å². The Balaban J connectivity index is 2.89. The second-order valence-electron chi connectivity index (χ2n) is 4.33. The average molecular weight is 190 g/mol. The molecule has 0 spiro atoms. The lowest BCUT2D eigenvalue weighted by molar-refractivity contribution is 0.134. The molecule has 1 aromatic carbocycles. The van der Waals surface area contributed by atoms with Crippen LogP contribution in [0, 0.1) is 13.8 Å². The minimum Gasteiger partial charge on any atom is -0.386 e. The Kier molecular flexibility index (Phi) is 3.12. The number of rotatable bonds is 2. The standard InChI is InChI=1S/C13H18O/c1-10-5-6-12(9-11(10)2)7-8-13(3,4)14/h5-9,14H,1-4H3/b8-7-. The van der Waals surface area contributed by atoms with E-state index in [0.717, 1.165) is 5.56 Å². The summed E-state index contributed by atoms with van der Waals surface area (Å²) in [5.41, 5.74) is 2.97. The Labute approximate surface area is 86.1 Å². The highest BCUT2D eigenvalue weighted by atomic mass is 16.3. The van der Waals surface area contributed by atoms with Crippen molar-refractivity contribution in [3.8, 4) is 0 Å². The van der Waals surface area contributed by atoms with E-state index < -0.39 is 5.60 Å². The minimum absolute atomic E-state index is 0.737. The van der Waals surface area contributed by atoms with E-state index in [-0.39, 0.29) is 0 Å². The van der Waals surface area contributed by atoms with Crippen molar-refractivity contribution in [1.82, 2.24) is 0 Å². The van der Waals surface area contributed by atoms with E-state index in [2.05, 4.69) is 32.0 Å². The Morgan fingerprint density at radius 2 is 1.79 bits per heavy atom. The van der Waals surface area contributed by atoms with Crippen molar-refractivity contribution in [1.29, 1.82) is 0 Å². The van der Waals surface area contributed by atoms with Gasteiger partial charge in [0.2, 0.25) is 0 Å². The van der Waals surface area contributed by atoms with Gasteiger partial charge in [0, 0.05) is 0 Å². The van der Waals surface area contributed by atoms with Crippen LogP contribution in [0.2, 0.25) is 0 Å². The van der Waals surface area contributed by atoms with Crippen LogP contribution in [0.4, 0.5) is 0 Å². The molecule has 1 aromatic rings. The van der Waals surface area contributed by atoms with Gasteiger partial charge in [-0.05, 0) is 44.4 Å². The molecular weight excluding hydrogens is 172 g/mol. The molecule has 0 radical (unpaired) electrons. The van der Waals surface area contributed by atoms with E-state index in [0.29, 0.717) is 0 Å². The monoisotopic (exact) mass is 190 g/mol. The van der Waals surface area contributed by atoms with Gasteiger partial charge in [0.25, 0.3) is 0 Å². The van der Waals surface area contributed by atoms with Crippen LogP contribution < -0.4 is 0 Å². The van der Waals surface area contributed by atoms with Gasteiger partial charge in [0.05, 0.1) is 5.60 Å². The third kappa shape index (κ3) is 3.35. The van der Waals surface area contributed by atoms with E-state index in [4.69, 9.17) is 0 Å². The lowest BCUT2D eigenvalue weighted by atomic mass is 10.0. The lowest BCUT2D eigenvalue weighted by Crippen LogP contribution is -2.13. The smallest absolute Gasteiger partial charge is 0.0774 e. The quantitative estimate of drug-likeness (QED) is 0.759. The van der Waals surface area contributed by atoms with Crippen molar-refractivity contribution < 1.29 is 5.11 Å². The summed E-state index contributed by atoms with van der Waals surface area (Å²) in [6.07, 6.45) is 3.75. The lowest BCUT2D eigenvalue weighted by Gasteiger charge is -2.10. The Morgan fingerprint density at radius 1 is 1.14 bits per heavy atom. The first-order valence-electron chi connectivity index (χ1n) is 4.87. The molecule has 0 aliphatic rings. The van der Waals surface area contributed by atoms with Gasteiger partial charge in [-0.3, -0.25) is 0 Å². The van der Waals surface area contributed by atoms with Gasteiger partial charge in [-0.25, -0.2) is 0 Å². The molecule has 0 aliphatic heterocycles. The van der Waals surface area contributed by atoms with Crippen LogP contribution in [-0.4, -0.2) is 10.7 Å². The number of aliphatic hydroxyl groups is 1. The highest BCUT2D eigenvalue weighted by Gasteiger charge is 2.05. The normalized spacial score (nSPS) is 12.4. The molecule has 1 rings (SSSR count). The van der Waals surface area contributed by atoms with Crippen molar-refractivity contribution in [2.45, 2.75) is 33.3 Å². The molecule has 0 saturated carbocycles. The molecule has 0 amide bonds. The molecule has 0 aromatic heterocycles. The molecule has 1 heteroatoms. The summed E-state index contributed by atoms with van der Waals surface area (Å²) in [5, 5.41) is 9.52. The van der Waals surface area contributed by atoms with Crippen LogP contribution in [0.15, 0.2) is 24.3 Å². The third-order valence-electron chi connectivity index (χ3n) is 2.21. The van der Waals surface area contributed by atoms with Gasteiger partial charge < -0.3 is 5.11 Å². The van der Waals surface area contributed by atoms with Crippen molar-refractivity contribution in [3.63, 3.8) is 0 Å². The molecule has 0 bridgehead atoms. The Morgan fingerprint density at radius 3 is 2.29 bits per heavy atom. The molecule has 1 N–H and O–H groups in total. The molecule has 14 heavy (non-hydrogen) atoms. The minimum atomic E-state index is -0.737. The molecule has 76 valence electrons. The first kappa shape index (κ1) is 11.0. The highest BCUT2D eigenvalue weighted by molar-refractivity contribution is 5.52. The topological polar surface area (TPSA) is 20.2 Å². The van der Waals surface area contributed by atoms with Gasteiger partial charge in [-0.1, -0.05) is 30.4 Å². The van der Waals surface area contributed by atoms with E-state index in [1.54, 1.807) is 19.9 Å². The van der Waals surface area contributed by atoms with Gasteiger partial charge in [0.15, 0.2) is 0 Å². The van der Waals surface area contributed by atoms with Crippen LogP contribution in [-0.2, 0) is 0 Å². The largest absolute Gasteiger partial charge is 0.386 e. The summed E-state index contributed by atoms with van der Waals surface area (Å²) in [4.78, 5) is 0. The average Bonchev–Trinajstić information content (AvgIpc) is 2.06. The molecule has 0 atom stereocenters. The zero-order valence-corrected chi connectivity index (χ0v) is 9.33. The summed E-state index contributed by atoms with van der Waals surface area (Å²) in [6.45, 7) is 7.73. The van der Waals surface area contributed by atoms with E-state index in [1.165, 1.54) is 11.1 Å². The first-order chi connectivity index (χ1) is 6.38. The maximum absolute atomic E-state index is 9.52. The number of aryl methyl sites for hydroxylation is 2. The Bertz CT molecular complexity index is 343. The van der Waals surface area contributed by atoms with Crippen molar-refractivity contribution in [3.05, 3.63) is 41.0 Å². The molecule has 0 aliphatic carbocycles. The maximum Gasteiger partial charge on any atom is 0.0774 e. The van der Waals surface area contributed by atoms with Crippen molar-refractivity contribution in [2.24, 2.45) is 0 Å². The SMILES string of the molecule is Cc1ccc(/C=C\C(C)(C)O)cc1C. The predicted molar refractivity (Wildman–Crippen MR) is 61.2 cm³/mol. The van der Waals surface area contributed by atoms with Crippen molar-refractivity contribution >= 4 is 6.08 Å². The second kappa shape index (κ2) is 3.97. The summed E-state index contributed by atoms with van der Waals surface area (Å²) >= 11 is 0. The second-order valence-corrected chi connectivity index (χ2v) is 4.33. The third-order valence-corrected chi connectivity index (χ3v) is 2.21. The number of benzene rings is 1. The number of hydrogen-bond acceptors (Lipinski definition) is 1. The fourth-order valence-electron chi connectivity index (χ4n) is 1.17. The Hall–Kier alpha value is -1.08. The zero-order valence-electron chi connectivity index (χ0n) is 9.33. The number of hydrogen-bond donors (Lipinski definition) is 1. The molecule has 0 heterocycles. The molecular formula is C13H18O. The van der Waals surface area contributed by atoms with Crippen LogP contribution in [0.5, 0.6) is 0 Å². The molecule has 1 nitrogen and oxygen atoms in total. The van der Waals surface area contributed by atoms with Crippen LogP contribution in [0.3, 0.4) is 0 Å². The highest BCUT2D eigenvalue weighted by Crippen LogP contribution is 2.13. The zero-order chi connectivity index (χ0) is 10.8. The van der Waals surface area contributed by atoms with Gasteiger partial charge in [-0.15, -0.1) is 0 Å². The maximum atomic E-state index is 9.52. The fourth-order valence-corrected chi connectivity index (χ4v) is 1.17. The van der Waals surface area contributed by atoms with Crippen LogP contribution in [0.25, 0.3) is 6.08 Å². The van der Waals surface area contributed by atoms with Crippen LogP contribution >= 0.6 is 0 Å². The summed E-state index contributed by atoms with van der Waals surface area (Å²) in [7, 11) is 0. The van der Waals surface area contributed by atoms with Gasteiger partial charge in [-0.2, -0.15) is 0 Å².